The number of aliphatic hydroxyl groups is 1. The van der Waals surface area contributed by atoms with E-state index in [9.17, 15) is 14.7 Å². The molecule has 0 aliphatic heterocycles. The maximum atomic E-state index is 13.3. The minimum atomic E-state index is -0.611. The number of benzene rings is 2. The molecule has 0 saturated carbocycles. The molecular formula is C26H25ClN6O4. The van der Waals surface area contributed by atoms with Gasteiger partial charge in [0.1, 0.15) is 11.6 Å². The summed E-state index contributed by atoms with van der Waals surface area (Å²) < 4.78 is 6.45. The first-order chi connectivity index (χ1) is 17.9. The van der Waals surface area contributed by atoms with Crippen molar-refractivity contribution in [3.05, 3.63) is 89.1 Å². The number of pyridine rings is 1. The van der Waals surface area contributed by atoms with Crippen LogP contribution in [0.4, 0.5) is 11.6 Å². The van der Waals surface area contributed by atoms with Gasteiger partial charge >= 0.3 is 0 Å². The fourth-order valence-corrected chi connectivity index (χ4v) is 3.81. The minimum Gasteiger partial charge on any atom is -0.394 e. The number of ether oxygens (including phenoxy) is 1. The molecule has 37 heavy (non-hydrogen) atoms. The molecule has 4 rings (SSSR count). The zero-order chi connectivity index (χ0) is 26.4. The average Bonchev–Trinajstić information content (AvgIpc) is 3.33. The topological polar surface area (TPSA) is 144 Å². The van der Waals surface area contributed by atoms with Gasteiger partial charge in [0.2, 0.25) is 0 Å². The van der Waals surface area contributed by atoms with E-state index in [1.807, 2.05) is 18.2 Å². The number of hydrogen-bond acceptors (Lipinski definition) is 7. The number of nitrogen functional groups attached to an aromatic ring is 1. The molecule has 0 saturated heterocycles. The lowest BCUT2D eigenvalue weighted by Crippen LogP contribution is -2.40. The van der Waals surface area contributed by atoms with Crippen LogP contribution in [0, 0.1) is 0 Å². The molecule has 4 aromatic rings. The normalized spacial score (nSPS) is 11.6. The van der Waals surface area contributed by atoms with E-state index < -0.39 is 17.9 Å². The maximum Gasteiger partial charge on any atom is 0.272 e. The summed E-state index contributed by atoms with van der Waals surface area (Å²) in [5.74, 6) is -0.441. The van der Waals surface area contributed by atoms with Crippen LogP contribution in [0.1, 0.15) is 20.8 Å². The number of aromatic nitrogens is 3. The van der Waals surface area contributed by atoms with Gasteiger partial charge < -0.3 is 26.2 Å². The second kappa shape index (κ2) is 11.7. The first kappa shape index (κ1) is 25.8. The second-order valence-electron chi connectivity index (χ2n) is 8.07. The van der Waals surface area contributed by atoms with Crippen molar-refractivity contribution in [3.8, 4) is 16.9 Å². The third-order valence-corrected chi connectivity index (χ3v) is 5.71. The van der Waals surface area contributed by atoms with Gasteiger partial charge in [0.15, 0.2) is 5.69 Å². The van der Waals surface area contributed by atoms with Gasteiger partial charge in [-0.2, -0.15) is 5.10 Å². The van der Waals surface area contributed by atoms with Crippen molar-refractivity contribution in [2.75, 3.05) is 31.4 Å². The Labute approximate surface area is 218 Å². The predicted octanol–water partition coefficient (Wildman–Crippen LogP) is 3.16. The van der Waals surface area contributed by atoms with Crippen LogP contribution < -0.4 is 16.4 Å². The molecule has 0 bridgehead atoms. The number of halogens is 1. The monoisotopic (exact) mass is 520 g/mol. The number of nitrogens with zero attached hydrogens (tertiary/aromatic N) is 3. The summed E-state index contributed by atoms with van der Waals surface area (Å²) in [6.45, 7) is -0.179. The minimum absolute atomic E-state index is 0.0394. The molecule has 10 nitrogen and oxygen atoms in total. The molecule has 2 aromatic carbocycles. The van der Waals surface area contributed by atoms with Gasteiger partial charge in [-0.05, 0) is 36.4 Å². The van der Waals surface area contributed by atoms with Crippen molar-refractivity contribution < 1.29 is 19.4 Å². The molecule has 0 radical (unpaired) electrons. The van der Waals surface area contributed by atoms with Crippen LogP contribution in [0.2, 0.25) is 5.02 Å². The third kappa shape index (κ3) is 6.12. The number of nitrogens with two attached hydrogens (primary N) is 1. The number of carbonyl (C=O) groups is 2. The molecule has 0 spiro atoms. The van der Waals surface area contributed by atoms with Crippen molar-refractivity contribution in [1.82, 2.24) is 20.1 Å². The summed E-state index contributed by atoms with van der Waals surface area (Å²) >= 11 is 6.36. The van der Waals surface area contributed by atoms with Crippen LogP contribution in [0.25, 0.3) is 16.9 Å². The Bertz CT molecular complexity index is 1410. The molecule has 11 heteroatoms. The number of carbonyl (C=O) groups excluding carboxylic acids is 2. The molecule has 5 N–H and O–H groups in total. The Balaban J connectivity index is 1.66. The number of aliphatic hydroxyl groups excluding tert-OH is 1. The van der Waals surface area contributed by atoms with Crippen LogP contribution in [0.15, 0.2) is 72.8 Å². The summed E-state index contributed by atoms with van der Waals surface area (Å²) in [5.41, 5.74) is 7.92. The lowest BCUT2D eigenvalue weighted by atomic mass is 10.1. The highest BCUT2D eigenvalue weighted by Crippen LogP contribution is 2.26. The first-order valence-corrected chi connectivity index (χ1v) is 11.7. The average molecular weight is 521 g/mol. The number of anilines is 2. The van der Waals surface area contributed by atoms with E-state index in [1.165, 1.54) is 17.9 Å². The van der Waals surface area contributed by atoms with Gasteiger partial charge in [-0.15, -0.1) is 0 Å². The van der Waals surface area contributed by atoms with E-state index in [4.69, 9.17) is 22.1 Å². The van der Waals surface area contributed by atoms with Gasteiger partial charge in [0.25, 0.3) is 11.8 Å². The smallest absolute Gasteiger partial charge is 0.272 e. The molecule has 0 aliphatic rings. The first-order valence-electron chi connectivity index (χ1n) is 11.3. The molecule has 1 atom stereocenters. The van der Waals surface area contributed by atoms with Gasteiger partial charge in [-0.1, -0.05) is 41.9 Å². The summed E-state index contributed by atoms with van der Waals surface area (Å²) in [6.07, 6.45) is 0. The van der Waals surface area contributed by atoms with E-state index in [1.54, 1.807) is 48.5 Å². The van der Waals surface area contributed by atoms with E-state index >= 15 is 0 Å². The van der Waals surface area contributed by atoms with E-state index in [-0.39, 0.29) is 35.3 Å². The lowest BCUT2D eigenvalue weighted by Gasteiger charge is -2.13. The molecule has 2 aromatic heterocycles. The highest BCUT2D eigenvalue weighted by molar-refractivity contribution is 6.34. The van der Waals surface area contributed by atoms with Gasteiger partial charge in [0.05, 0.1) is 41.2 Å². The Morgan fingerprint density at radius 3 is 2.57 bits per heavy atom. The maximum absolute atomic E-state index is 13.3. The molecule has 190 valence electrons. The molecule has 0 aliphatic carbocycles. The summed E-state index contributed by atoms with van der Waals surface area (Å²) in [7, 11) is 1.47. The second-order valence-corrected chi connectivity index (χ2v) is 8.47. The van der Waals surface area contributed by atoms with E-state index in [2.05, 4.69) is 20.7 Å². The summed E-state index contributed by atoms with van der Waals surface area (Å²) in [6, 6.07) is 20.0. The van der Waals surface area contributed by atoms with Gasteiger partial charge in [0, 0.05) is 18.7 Å². The van der Waals surface area contributed by atoms with E-state index in [0.29, 0.717) is 22.8 Å². The fourth-order valence-electron chi connectivity index (χ4n) is 3.60. The van der Waals surface area contributed by atoms with Crippen molar-refractivity contribution in [3.63, 3.8) is 0 Å². The zero-order valence-electron chi connectivity index (χ0n) is 19.9. The SMILES string of the molecule is COCC(CO)NC(=O)c1cc(NC(=O)c2cc(-c3cccc(N)n3)ccc2Cl)n(-c2ccccc2)n1. The predicted molar refractivity (Wildman–Crippen MR) is 141 cm³/mol. The van der Waals surface area contributed by atoms with Crippen molar-refractivity contribution in [2.45, 2.75) is 6.04 Å². The summed E-state index contributed by atoms with van der Waals surface area (Å²) in [4.78, 5) is 30.4. The summed E-state index contributed by atoms with van der Waals surface area (Å²) in [5, 5.41) is 19.6. The number of nitrogens with one attached hydrogen (secondary N) is 2. The zero-order valence-corrected chi connectivity index (χ0v) is 20.6. The molecule has 2 amide bonds. The van der Waals surface area contributed by atoms with Crippen LogP contribution in [0.3, 0.4) is 0 Å². The number of para-hydroxylation sites is 1. The standard InChI is InChI=1S/C26H25ClN6O4/c1-37-15-17(14-34)29-26(36)22-13-24(33(32-22)18-6-3-2-4-7-18)31-25(35)19-12-16(10-11-20(19)27)21-8-5-9-23(28)30-21/h2-13,17,34H,14-15H2,1H3,(H2,28,30)(H,29,36)(H,31,35). The number of amides is 2. The van der Waals surface area contributed by atoms with Crippen LogP contribution in [0.5, 0.6) is 0 Å². The van der Waals surface area contributed by atoms with Crippen LogP contribution in [-0.4, -0.2) is 58.1 Å². The highest BCUT2D eigenvalue weighted by atomic mass is 35.5. The fraction of sp³-hybridized carbons (Fsp3) is 0.154. The molecule has 1 unspecified atom stereocenters. The largest absolute Gasteiger partial charge is 0.394 e. The highest BCUT2D eigenvalue weighted by Gasteiger charge is 2.21. The van der Waals surface area contributed by atoms with Gasteiger partial charge in [-0.25, -0.2) is 9.67 Å². The Kier molecular flexibility index (Phi) is 8.14. The van der Waals surface area contributed by atoms with Crippen molar-refractivity contribution in [1.29, 1.82) is 0 Å². The lowest BCUT2D eigenvalue weighted by molar-refractivity contribution is 0.0834. The Morgan fingerprint density at radius 2 is 1.86 bits per heavy atom. The third-order valence-electron chi connectivity index (χ3n) is 5.39. The molecule has 2 heterocycles. The van der Waals surface area contributed by atoms with Crippen LogP contribution >= 0.6 is 11.6 Å². The van der Waals surface area contributed by atoms with Crippen molar-refractivity contribution in [2.24, 2.45) is 0 Å². The van der Waals surface area contributed by atoms with Crippen LogP contribution in [-0.2, 0) is 4.74 Å². The number of methoxy groups -OCH3 is 1. The molecular weight excluding hydrogens is 496 g/mol. The van der Waals surface area contributed by atoms with Gasteiger partial charge in [-0.3, -0.25) is 9.59 Å². The Morgan fingerprint density at radius 1 is 1.08 bits per heavy atom. The Hall–Kier alpha value is -4.25. The quantitative estimate of drug-likeness (QED) is 0.265. The number of hydrogen-bond donors (Lipinski definition) is 4. The molecule has 0 fully saturated rings. The van der Waals surface area contributed by atoms with Crippen molar-refractivity contribution >= 4 is 35.1 Å². The number of rotatable bonds is 9. The van der Waals surface area contributed by atoms with E-state index in [0.717, 1.165) is 0 Å².